The molecule has 0 unspecified atom stereocenters. The number of aryl methyl sites for hydroxylation is 1. The number of benzene rings is 1. The highest BCUT2D eigenvalue weighted by Gasteiger charge is 2.04. The van der Waals surface area contributed by atoms with E-state index in [1.165, 1.54) is 0 Å². The van der Waals surface area contributed by atoms with Crippen molar-refractivity contribution in [3.8, 4) is 5.75 Å². The van der Waals surface area contributed by atoms with E-state index in [0.29, 0.717) is 10.8 Å². The lowest BCUT2D eigenvalue weighted by Crippen LogP contribution is -2.12. The summed E-state index contributed by atoms with van der Waals surface area (Å²) in [7, 11) is 0. The molecule has 0 radical (unpaired) electrons. The molecule has 0 saturated carbocycles. The van der Waals surface area contributed by atoms with Crippen molar-refractivity contribution in [2.45, 2.75) is 6.92 Å². The number of carbonyl (C=O) groups excluding carboxylic acids is 1. The second kappa shape index (κ2) is 5.23. The number of carbonyl (C=O) groups is 1. The molecular formula is C10H10Cl2O2. The van der Waals surface area contributed by atoms with Gasteiger partial charge in [-0.1, -0.05) is 17.7 Å². The summed E-state index contributed by atoms with van der Waals surface area (Å²) in [4.78, 5) is 10.9. The summed E-state index contributed by atoms with van der Waals surface area (Å²) in [6.45, 7) is 1.88. The lowest BCUT2D eigenvalue weighted by molar-refractivity contribution is -0.118. The van der Waals surface area contributed by atoms with Gasteiger partial charge in [0.2, 0.25) is 0 Å². The van der Waals surface area contributed by atoms with E-state index >= 15 is 0 Å². The third-order valence-electron chi connectivity index (χ3n) is 1.69. The Kier molecular flexibility index (Phi) is 4.23. The van der Waals surface area contributed by atoms with E-state index in [1.54, 1.807) is 12.1 Å². The zero-order valence-electron chi connectivity index (χ0n) is 7.72. The zero-order chi connectivity index (χ0) is 10.6. The van der Waals surface area contributed by atoms with Gasteiger partial charge in [-0.05, 0) is 24.6 Å². The second-order valence-electron chi connectivity index (χ2n) is 2.87. The Morgan fingerprint density at radius 3 is 2.86 bits per heavy atom. The molecule has 0 bridgehead atoms. The van der Waals surface area contributed by atoms with Gasteiger partial charge in [-0.25, -0.2) is 0 Å². The van der Waals surface area contributed by atoms with Crippen molar-refractivity contribution < 1.29 is 9.53 Å². The number of halogens is 2. The van der Waals surface area contributed by atoms with E-state index in [4.69, 9.17) is 27.9 Å². The first-order chi connectivity index (χ1) is 6.63. The number of Topliss-reactive ketones (excluding diaryl/α,β-unsaturated/α-hetero) is 1. The maximum absolute atomic E-state index is 10.9. The summed E-state index contributed by atoms with van der Waals surface area (Å²) in [6.07, 6.45) is 0. The molecule has 1 rings (SSSR count). The Morgan fingerprint density at radius 1 is 1.50 bits per heavy atom. The van der Waals surface area contributed by atoms with Crippen LogP contribution in [-0.4, -0.2) is 18.3 Å². The quantitative estimate of drug-likeness (QED) is 0.747. The Labute approximate surface area is 92.8 Å². The molecule has 0 N–H and O–H groups in total. The van der Waals surface area contributed by atoms with Crippen LogP contribution in [0.1, 0.15) is 5.56 Å². The smallest absolute Gasteiger partial charge is 0.184 e. The monoisotopic (exact) mass is 232 g/mol. The van der Waals surface area contributed by atoms with Crippen molar-refractivity contribution in [3.63, 3.8) is 0 Å². The van der Waals surface area contributed by atoms with Crippen LogP contribution in [0.15, 0.2) is 18.2 Å². The SMILES string of the molecule is Cc1ccc(Cl)cc1OCC(=O)CCl. The summed E-state index contributed by atoms with van der Waals surface area (Å²) < 4.78 is 5.25. The topological polar surface area (TPSA) is 26.3 Å². The fourth-order valence-electron chi connectivity index (χ4n) is 0.926. The summed E-state index contributed by atoms with van der Waals surface area (Å²) in [5.41, 5.74) is 0.941. The predicted octanol–water partition coefficient (Wildman–Crippen LogP) is 2.84. The molecule has 0 aliphatic heterocycles. The number of alkyl halides is 1. The molecule has 0 amide bonds. The molecule has 76 valence electrons. The maximum atomic E-state index is 10.9. The predicted molar refractivity (Wildman–Crippen MR) is 57.4 cm³/mol. The van der Waals surface area contributed by atoms with Crippen molar-refractivity contribution in [1.29, 1.82) is 0 Å². The van der Waals surface area contributed by atoms with Crippen molar-refractivity contribution in [1.82, 2.24) is 0 Å². The van der Waals surface area contributed by atoms with Crippen LogP contribution in [0.5, 0.6) is 5.75 Å². The Morgan fingerprint density at radius 2 is 2.21 bits per heavy atom. The van der Waals surface area contributed by atoms with Gasteiger partial charge in [0.05, 0.1) is 5.88 Å². The second-order valence-corrected chi connectivity index (χ2v) is 3.57. The first-order valence-electron chi connectivity index (χ1n) is 4.10. The molecule has 0 aromatic heterocycles. The number of ether oxygens (including phenoxy) is 1. The van der Waals surface area contributed by atoms with Crippen LogP contribution >= 0.6 is 23.2 Å². The van der Waals surface area contributed by atoms with E-state index in [1.807, 2.05) is 13.0 Å². The van der Waals surface area contributed by atoms with Crippen LogP contribution in [-0.2, 0) is 4.79 Å². The van der Waals surface area contributed by atoms with Gasteiger partial charge in [0.25, 0.3) is 0 Å². The molecule has 2 nitrogen and oxygen atoms in total. The minimum Gasteiger partial charge on any atom is -0.485 e. The third-order valence-corrected chi connectivity index (χ3v) is 2.22. The first kappa shape index (κ1) is 11.3. The van der Waals surface area contributed by atoms with E-state index < -0.39 is 0 Å². The molecular weight excluding hydrogens is 223 g/mol. The van der Waals surface area contributed by atoms with Crippen LogP contribution in [0.4, 0.5) is 0 Å². The average molecular weight is 233 g/mol. The van der Waals surface area contributed by atoms with Crippen molar-refractivity contribution >= 4 is 29.0 Å². The largest absolute Gasteiger partial charge is 0.485 e. The Balaban J connectivity index is 2.66. The number of hydrogen-bond acceptors (Lipinski definition) is 2. The minimum absolute atomic E-state index is 0.00924. The van der Waals surface area contributed by atoms with Gasteiger partial charge >= 0.3 is 0 Å². The number of rotatable bonds is 4. The Hall–Kier alpha value is -0.730. The molecule has 0 aliphatic carbocycles. The van der Waals surface area contributed by atoms with E-state index in [-0.39, 0.29) is 18.3 Å². The standard InChI is InChI=1S/C10H10Cl2O2/c1-7-2-3-8(12)4-10(7)14-6-9(13)5-11/h2-4H,5-6H2,1H3. The van der Waals surface area contributed by atoms with E-state index in [2.05, 4.69) is 0 Å². The van der Waals surface area contributed by atoms with E-state index in [0.717, 1.165) is 5.56 Å². The average Bonchev–Trinajstić information content (AvgIpc) is 2.19. The lowest BCUT2D eigenvalue weighted by atomic mass is 10.2. The van der Waals surface area contributed by atoms with Crippen LogP contribution < -0.4 is 4.74 Å². The molecule has 0 aliphatic rings. The highest BCUT2D eigenvalue weighted by Crippen LogP contribution is 2.22. The summed E-state index contributed by atoms with van der Waals surface area (Å²) in [5, 5.41) is 0.587. The van der Waals surface area contributed by atoms with Crippen LogP contribution in [0.2, 0.25) is 5.02 Å². The molecule has 0 fully saturated rings. The maximum Gasteiger partial charge on any atom is 0.184 e. The van der Waals surface area contributed by atoms with Gasteiger partial charge in [0, 0.05) is 5.02 Å². The molecule has 1 aromatic carbocycles. The normalized spacial score (nSPS) is 9.93. The molecule has 1 aromatic rings. The van der Waals surface area contributed by atoms with Gasteiger partial charge in [-0.15, -0.1) is 11.6 Å². The van der Waals surface area contributed by atoms with Crippen molar-refractivity contribution in [2.24, 2.45) is 0 Å². The highest BCUT2D eigenvalue weighted by atomic mass is 35.5. The van der Waals surface area contributed by atoms with Gasteiger partial charge in [-0.3, -0.25) is 4.79 Å². The van der Waals surface area contributed by atoms with Crippen molar-refractivity contribution in [2.75, 3.05) is 12.5 Å². The fourth-order valence-corrected chi connectivity index (χ4v) is 1.17. The van der Waals surface area contributed by atoms with Gasteiger partial charge in [-0.2, -0.15) is 0 Å². The molecule has 14 heavy (non-hydrogen) atoms. The number of hydrogen-bond donors (Lipinski definition) is 0. The van der Waals surface area contributed by atoms with Crippen LogP contribution in [0.25, 0.3) is 0 Å². The zero-order valence-corrected chi connectivity index (χ0v) is 9.23. The van der Waals surface area contributed by atoms with Crippen LogP contribution in [0, 0.1) is 6.92 Å². The minimum atomic E-state index is -0.147. The summed E-state index contributed by atoms with van der Waals surface area (Å²) in [6, 6.07) is 5.29. The van der Waals surface area contributed by atoms with Gasteiger partial charge < -0.3 is 4.74 Å². The molecule has 0 heterocycles. The molecule has 0 saturated heterocycles. The van der Waals surface area contributed by atoms with Crippen LogP contribution in [0.3, 0.4) is 0 Å². The van der Waals surface area contributed by atoms with E-state index in [9.17, 15) is 4.79 Å². The summed E-state index contributed by atoms with van der Waals surface area (Å²) in [5.74, 6) is 0.446. The van der Waals surface area contributed by atoms with Gasteiger partial charge in [0.1, 0.15) is 12.4 Å². The summed E-state index contributed by atoms with van der Waals surface area (Å²) >= 11 is 11.1. The molecule has 0 spiro atoms. The number of ketones is 1. The fraction of sp³-hybridized carbons (Fsp3) is 0.300. The Bertz CT molecular complexity index is 337. The lowest BCUT2D eigenvalue weighted by Gasteiger charge is -2.07. The van der Waals surface area contributed by atoms with Gasteiger partial charge in [0.15, 0.2) is 5.78 Å². The first-order valence-corrected chi connectivity index (χ1v) is 5.01. The highest BCUT2D eigenvalue weighted by molar-refractivity contribution is 6.30. The molecule has 0 atom stereocenters. The third kappa shape index (κ3) is 3.20. The van der Waals surface area contributed by atoms with Crippen molar-refractivity contribution in [3.05, 3.63) is 28.8 Å². The molecule has 4 heteroatoms.